The topological polar surface area (TPSA) is 65.1 Å². The lowest BCUT2D eigenvalue weighted by atomic mass is 9.93. The average molecular weight is 381 g/mol. The molecule has 1 heterocycles. The highest BCUT2D eigenvalue weighted by Gasteiger charge is 2.28. The molecule has 0 N–H and O–H groups in total. The Morgan fingerprint density at radius 1 is 0.964 bits per heavy atom. The number of esters is 1. The van der Waals surface area contributed by atoms with Gasteiger partial charge in [0.05, 0.1) is 5.56 Å². The second-order valence-electron chi connectivity index (χ2n) is 7.04. The van der Waals surface area contributed by atoms with Gasteiger partial charge in [0.2, 0.25) is 6.79 Å². The summed E-state index contributed by atoms with van der Waals surface area (Å²) in [4.78, 5) is 27.2. The van der Waals surface area contributed by atoms with Crippen molar-refractivity contribution in [3.63, 3.8) is 0 Å². The van der Waals surface area contributed by atoms with E-state index in [4.69, 9.17) is 14.2 Å². The monoisotopic (exact) mass is 381 g/mol. The van der Waals surface area contributed by atoms with Crippen molar-refractivity contribution in [2.24, 2.45) is 0 Å². The number of benzene rings is 2. The first kappa shape index (κ1) is 18.3. The number of rotatable bonds is 5. The smallest absolute Gasteiger partial charge is 0.338 e. The molecule has 1 aliphatic heterocycles. The second-order valence-corrected chi connectivity index (χ2v) is 7.04. The molecule has 0 radical (unpaired) electrons. The molecular weight excluding hydrogens is 358 g/mol. The third-order valence-electron chi connectivity index (χ3n) is 5.18. The number of hydrogen-bond acceptors (Lipinski definition) is 5. The van der Waals surface area contributed by atoms with Crippen LogP contribution >= 0.6 is 0 Å². The number of carbonyl (C=O) groups excluding carboxylic acids is 2. The number of para-hydroxylation sites is 1. The van der Waals surface area contributed by atoms with Crippen molar-refractivity contribution in [3.05, 3.63) is 54.1 Å². The highest BCUT2D eigenvalue weighted by molar-refractivity contribution is 5.97. The van der Waals surface area contributed by atoms with E-state index in [0.29, 0.717) is 17.1 Å². The number of ether oxygens (including phenoxy) is 3. The zero-order valence-corrected chi connectivity index (χ0v) is 15.6. The molecule has 1 aliphatic carbocycles. The van der Waals surface area contributed by atoms with Crippen LogP contribution in [0.15, 0.2) is 48.5 Å². The lowest BCUT2D eigenvalue weighted by molar-refractivity contribution is -0.122. The minimum absolute atomic E-state index is 0.139. The fourth-order valence-corrected chi connectivity index (χ4v) is 3.79. The Bertz CT molecular complexity index is 845. The summed E-state index contributed by atoms with van der Waals surface area (Å²) in [6.07, 6.45) is 5.36. The summed E-state index contributed by atoms with van der Waals surface area (Å²) >= 11 is 0. The number of fused-ring (bicyclic) bond motifs is 1. The molecule has 28 heavy (non-hydrogen) atoms. The predicted molar refractivity (Wildman–Crippen MR) is 104 cm³/mol. The Morgan fingerprint density at radius 3 is 2.50 bits per heavy atom. The van der Waals surface area contributed by atoms with Crippen LogP contribution in [0.1, 0.15) is 42.5 Å². The summed E-state index contributed by atoms with van der Waals surface area (Å²) in [7, 11) is 0. The highest BCUT2D eigenvalue weighted by Crippen LogP contribution is 2.33. The molecular formula is C22H23NO5. The normalized spacial score (nSPS) is 15.9. The van der Waals surface area contributed by atoms with Gasteiger partial charge in [0.25, 0.3) is 5.91 Å². The minimum Gasteiger partial charge on any atom is -0.454 e. The SMILES string of the molecule is O=C(OCC(=O)N(c1ccccc1)C1CCCCC1)c1ccc2c(c1)OCO2. The maximum absolute atomic E-state index is 13.0. The molecule has 0 aromatic heterocycles. The van der Waals surface area contributed by atoms with Crippen molar-refractivity contribution >= 4 is 17.6 Å². The molecule has 1 fully saturated rings. The van der Waals surface area contributed by atoms with E-state index < -0.39 is 5.97 Å². The van der Waals surface area contributed by atoms with Crippen molar-refractivity contribution in [1.82, 2.24) is 0 Å². The van der Waals surface area contributed by atoms with E-state index >= 15 is 0 Å². The van der Waals surface area contributed by atoms with Gasteiger partial charge in [-0.15, -0.1) is 0 Å². The number of hydrogen-bond donors (Lipinski definition) is 0. The summed E-state index contributed by atoms with van der Waals surface area (Å²) in [6.45, 7) is -0.154. The molecule has 0 atom stereocenters. The van der Waals surface area contributed by atoms with Crippen molar-refractivity contribution in [2.45, 2.75) is 38.1 Å². The number of nitrogens with zero attached hydrogens (tertiary/aromatic N) is 1. The molecule has 2 aromatic rings. The number of anilines is 1. The zero-order chi connectivity index (χ0) is 19.3. The van der Waals surface area contributed by atoms with E-state index in [-0.39, 0.29) is 25.3 Å². The first-order valence-corrected chi connectivity index (χ1v) is 9.66. The quantitative estimate of drug-likeness (QED) is 0.734. The molecule has 1 saturated carbocycles. The van der Waals surface area contributed by atoms with Crippen LogP contribution in [0.4, 0.5) is 5.69 Å². The van der Waals surface area contributed by atoms with Crippen LogP contribution in [-0.2, 0) is 9.53 Å². The van der Waals surface area contributed by atoms with E-state index in [0.717, 1.165) is 31.4 Å². The standard InChI is InChI=1S/C22H23NO5/c24-21(14-26-22(25)16-11-12-19-20(13-16)28-15-27-19)23(17-7-3-1-4-8-17)18-9-5-2-6-10-18/h1,3-4,7-8,11-13,18H,2,5-6,9-10,14-15H2. The average Bonchev–Trinajstić information content (AvgIpc) is 3.22. The Kier molecular flexibility index (Phi) is 5.46. The fraction of sp³-hybridized carbons (Fsp3) is 0.364. The summed E-state index contributed by atoms with van der Waals surface area (Å²) in [6, 6.07) is 14.6. The van der Waals surface area contributed by atoms with Crippen LogP contribution in [-0.4, -0.2) is 31.3 Å². The fourth-order valence-electron chi connectivity index (χ4n) is 3.79. The van der Waals surface area contributed by atoms with Crippen LogP contribution in [0.5, 0.6) is 11.5 Å². The number of carbonyl (C=O) groups is 2. The van der Waals surface area contributed by atoms with Crippen molar-refractivity contribution in [1.29, 1.82) is 0 Å². The van der Waals surface area contributed by atoms with Crippen LogP contribution in [0.25, 0.3) is 0 Å². The molecule has 2 aliphatic rings. The van der Waals surface area contributed by atoms with Gasteiger partial charge < -0.3 is 19.1 Å². The van der Waals surface area contributed by atoms with Gasteiger partial charge in [-0.2, -0.15) is 0 Å². The predicted octanol–water partition coefficient (Wildman–Crippen LogP) is 3.94. The van der Waals surface area contributed by atoms with Crippen LogP contribution in [0.2, 0.25) is 0 Å². The lowest BCUT2D eigenvalue weighted by Crippen LogP contribution is -2.43. The van der Waals surface area contributed by atoms with Gasteiger partial charge in [-0.3, -0.25) is 4.79 Å². The maximum Gasteiger partial charge on any atom is 0.338 e. The molecule has 146 valence electrons. The van der Waals surface area contributed by atoms with E-state index in [9.17, 15) is 9.59 Å². The summed E-state index contributed by atoms with van der Waals surface area (Å²) < 4.78 is 15.8. The summed E-state index contributed by atoms with van der Waals surface area (Å²) in [5, 5.41) is 0. The molecule has 0 spiro atoms. The van der Waals surface area contributed by atoms with E-state index in [1.165, 1.54) is 6.42 Å². The Labute approximate surface area is 164 Å². The Morgan fingerprint density at radius 2 is 1.71 bits per heavy atom. The van der Waals surface area contributed by atoms with Gasteiger partial charge in [-0.1, -0.05) is 37.5 Å². The van der Waals surface area contributed by atoms with Gasteiger partial charge in [0.1, 0.15) is 0 Å². The van der Waals surface area contributed by atoms with Gasteiger partial charge in [-0.05, 0) is 43.2 Å². The Balaban J connectivity index is 1.44. The summed E-state index contributed by atoms with van der Waals surface area (Å²) in [5.74, 6) is 0.351. The summed E-state index contributed by atoms with van der Waals surface area (Å²) in [5.41, 5.74) is 1.18. The largest absolute Gasteiger partial charge is 0.454 e. The first-order chi connectivity index (χ1) is 13.7. The van der Waals surface area contributed by atoms with Crippen LogP contribution < -0.4 is 14.4 Å². The molecule has 6 heteroatoms. The third kappa shape index (κ3) is 3.96. The molecule has 2 aromatic carbocycles. The number of amides is 1. The van der Waals surface area contributed by atoms with E-state index in [1.807, 2.05) is 30.3 Å². The third-order valence-corrected chi connectivity index (χ3v) is 5.18. The van der Waals surface area contributed by atoms with Gasteiger partial charge >= 0.3 is 5.97 Å². The zero-order valence-electron chi connectivity index (χ0n) is 15.6. The minimum atomic E-state index is -0.552. The molecule has 4 rings (SSSR count). The van der Waals surface area contributed by atoms with E-state index in [1.54, 1.807) is 23.1 Å². The molecule has 6 nitrogen and oxygen atoms in total. The van der Waals surface area contributed by atoms with Crippen molar-refractivity contribution < 1.29 is 23.8 Å². The molecule has 0 unspecified atom stereocenters. The van der Waals surface area contributed by atoms with Gasteiger partial charge in [-0.25, -0.2) is 4.79 Å². The van der Waals surface area contributed by atoms with Crippen LogP contribution in [0, 0.1) is 0 Å². The van der Waals surface area contributed by atoms with E-state index in [2.05, 4.69) is 0 Å². The highest BCUT2D eigenvalue weighted by atomic mass is 16.7. The first-order valence-electron chi connectivity index (χ1n) is 9.66. The molecule has 1 amide bonds. The van der Waals surface area contributed by atoms with Crippen LogP contribution in [0.3, 0.4) is 0 Å². The molecule has 0 bridgehead atoms. The maximum atomic E-state index is 13.0. The molecule has 0 saturated heterocycles. The van der Waals surface area contributed by atoms with Crippen molar-refractivity contribution in [2.75, 3.05) is 18.3 Å². The van der Waals surface area contributed by atoms with Crippen molar-refractivity contribution in [3.8, 4) is 11.5 Å². The lowest BCUT2D eigenvalue weighted by Gasteiger charge is -2.34. The van der Waals surface area contributed by atoms with Gasteiger partial charge in [0.15, 0.2) is 18.1 Å². The Hall–Kier alpha value is -3.02. The second kappa shape index (κ2) is 8.33. The van der Waals surface area contributed by atoms with Gasteiger partial charge in [0, 0.05) is 11.7 Å².